The number of nitrogens with zero attached hydrogens (tertiary/aromatic N) is 4. The predicted molar refractivity (Wildman–Crippen MR) is 123 cm³/mol. The van der Waals surface area contributed by atoms with E-state index in [0.29, 0.717) is 26.1 Å². The Labute approximate surface area is 184 Å². The van der Waals surface area contributed by atoms with Crippen LogP contribution in [0, 0.1) is 13.8 Å². The van der Waals surface area contributed by atoms with E-state index in [9.17, 15) is 4.79 Å². The molecule has 1 fully saturated rings. The maximum atomic E-state index is 13.1. The first-order valence-electron chi connectivity index (χ1n) is 10.9. The Bertz CT molecular complexity index is 1040. The van der Waals surface area contributed by atoms with Gasteiger partial charge in [0.2, 0.25) is 5.91 Å². The molecule has 3 aromatic rings. The highest BCUT2D eigenvalue weighted by Crippen LogP contribution is 2.29. The predicted octanol–water partition coefficient (Wildman–Crippen LogP) is 3.78. The van der Waals surface area contributed by atoms with E-state index < -0.39 is 0 Å². The summed E-state index contributed by atoms with van der Waals surface area (Å²) in [5, 5.41) is 4.68. The lowest BCUT2D eigenvalue weighted by atomic mass is 10.1. The summed E-state index contributed by atoms with van der Waals surface area (Å²) in [5.74, 6) is 1.07. The summed E-state index contributed by atoms with van der Waals surface area (Å²) in [6.45, 7) is 9.69. The first kappa shape index (κ1) is 21.0. The van der Waals surface area contributed by atoms with Crippen LogP contribution in [-0.4, -0.2) is 53.4 Å². The van der Waals surface area contributed by atoms with Crippen LogP contribution < -0.4 is 9.64 Å². The van der Waals surface area contributed by atoms with E-state index in [0.717, 1.165) is 47.2 Å². The van der Waals surface area contributed by atoms with Crippen LogP contribution in [-0.2, 0) is 11.2 Å². The van der Waals surface area contributed by atoms with Gasteiger partial charge in [-0.25, -0.2) is 4.68 Å². The van der Waals surface area contributed by atoms with Crippen LogP contribution in [0.2, 0.25) is 0 Å². The molecular weight excluding hydrogens is 388 g/mol. The fourth-order valence-corrected chi connectivity index (χ4v) is 4.21. The molecule has 1 aliphatic rings. The number of amides is 1. The van der Waals surface area contributed by atoms with Crippen molar-refractivity contribution < 1.29 is 9.53 Å². The number of rotatable bonds is 6. The van der Waals surface area contributed by atoms with E-state index in [1.54, 1.807) is 0 Å². The van der Waals surface area contributed by atoms with Crippen molar-refractivity contribution in [3.05, 3.63) is 71.5 Å². The molecule has 0 unspecified atom stereocenters. The molecule has 0 atom stereocenters. The molecule has 0 N–H and O–H groups in total. The summed E-state index contributed by atoms with van der Waals surface area (Å²) in [4.78, 5) is 17.4. The topological polar surface area (TPSA) is 50.6 Å². The molecule has 31 heavy (non-hydrogen) atoms. The maximum Gasteiger partial charge on any atom is 0.227 e. The monoisotopic (exact) mass is 418 g/mol. The van der Waals surface area contributed by atoms with Crippen molar-refractivity contribution in [2.45, 2.75) is 27.2 Å². The van der Waals surface area contributed by atoms with E-state index in [-0.39, 0.29) is 5.91 Å². The number of hydrogen-bond acceptors (Lipinski definition) is 4. The molecule has 6 nitrogen and oxygen atoms in total. The largest absolute Gasteiger partial charge is 0.492 e. The lowest BCUT2D eigenvalue weighted by molar-refractivity contribution is -0.130. The van der Waals surface area contributed by atoms with E-state index >= 15 is 0 Å². The fourth-order valence-electron chi connectivity index (χ4n) is 4.21. The first-order chi connectivity index (χ1) is 15.1. The Morgan fingerprint density at radius 3 is 2.35 bits per heavy atom. The van der Waals surface area contributed by atoms with Gasteiger partial charge in [-0.3, -0.25) is 4.79 Å². The first-order valence-corrected chi connectivity index (χ1v) is 10.9. The molecule has 2 heterocycles. The zero-order valence-corrected chi connectivity index (χ0v) is 18.5. The van der Waals surface area contributed by atoms with Gasteiger partial charge in [0.15, 0.2) is 0 Å². The van der Waals surface area contributed by atoms with Gasteiger partial charge >= 0.3 is 0 Å². The SMILES string of the molecule is CCOc1ccccc1N1CCN(C(=O)Cc2c(C)nn(-c3ccccc3)c2C)CC1. The fraction of sp³-hybridized carbons (Fsp3) is 0.360. The summed E-state index contributed by atoms with van der Waals surface area (Å²) >= 11 is 0. The molecule has 0 spiro atoms. The Balaban J connectivity index is 1.42. The van der Waals surface area contributed by atoms with Gasteiger partial charge in [0, 0.05) is 37.4 Å². The van der Waals surface area contributed by atoms with Crippen LogP contribution >= 0.6 is 0 Å². The van der Waals surface area contributed by atoms with Crippen molar-refractivity contribution in [3.63, 3.8) is 0 Å². The molecule has 162 valence electrons. The molecule has 6 heteroatoms. The van der Waals surface area contributed by atoms with E-state index in [1.165, 1.54) is 0 Å². The summed E-state index contributed by atoms with van der Waals surface area (Å²) < 4.78 is 7.71. The normalized spacial score (nSPS) is 14.0. The van der Waals surface area contributed by atoms with Crippen molar-refractivity contribution in [1.82, 2.24) is 14.7 Å². The minimum atomic E-state index is 0.163. The standard InChI is InChI=1S/C25H30N4O2/c1-4-31-24-13-9-8-12-23(24)27-14-16-28(17-15-27)25(30)18-22-19(2)26-29(20(22)3)21-10-6-5-7-11-21/h5-13H,4,14-18H2,1-3H3. The van der Waals surface area contributed by atoms with Crippen molar-refractivity contribution in [3.8, 4) is 11.4 Å². The average molecular weight is 419 g/mol. The molecule has 1 aliphatic heterocycles. The number of benzene rings is 2. The molecule has 0 saturated carbocycles. The highest BCUT2D eigenvalue weighted by atomic mass is 16.5. The Morgan fingerprint density at radius 2 is 1.65 bits per heavy atom. The zero-order chi connectivity index (χ0) is 21.8. The molecule has 1 saturated heterocycles. The van der Waals surface area contributed by atoms with Gasteiger partial charge < -0.3 is 14.5 Å². The number of hydrogen-bond donors (Lipinski definition) is 0. The van der Waals surface area contributed by atoms with E-state index in [2.05, 4.69) is 16.1 Å². The lowest BCUT2D eigenvalue weighted by Crippen LogP contribution is -2.49. The minimum Gasteiger partial charge on any atom is -0.492 e. The lowest BCUT2D eigenvalue weighted by Gasteiger charge is -2.36. The summed E-state index contributed by atoms with van der Waals surface area (Å²) in [5.41, 5.74) is 5.09. The number of aryl methyl sites for hydroxylation is 1. The van der Waals surface area contributed by atoms with Crippen molar-refractivity contribution in [2.24, 2.45) is 0 Å². The number of carbonyl (C=O) groups is 1. The molecule has 0 aliphatic carbocycles. The second kappa shape index (κ2) is 9.25. The van der Waals surface area contributed by atoms with Crippen LogP contribution in [0.25, 0.3) is 5.69 Å². The number of aromatic nitrogens is 2. The summed E-state index contributed by atoms with van der Waals surface area (Å²) in [6, 6.07) is 18.2. The quantitative estimate of drug-likeness (QED) is 0.611. The van der Waals surface area contributed by atoms with Crippen LogP contribution in [0.1, 0.15) is 23.9 Å². The third-order valence-corrected chi connectivity index (χ3v) is 5.91. The van der Waals surface area contributed by atoms with Gasteiger partial charge in [0.05, 0.1) is 30.1 Å². The molecule has 0 radical (unpaired) electrons. The highest BCUT2D eigenvalue weighted by molar-refractivity contribution is 5.79. The molecule has 1 amide bonds. The Morgan fingerprint density at radius 1 is 0.968 bits per heavy atom. The van der Waals surface area contributed by atoms with Crippen molar-refractivity contribution >= 4 is 11.6 Å². The Hall–Kier alpha value is -3.28. The second-order valence-electron chi connectivity index (χ2n) is 7.84. The van der Waals surface area contributed by atoms with Crippen LogP contribution in [0.3, 0.4) is 0 Å². The molecule has 1 aromatic heterocycles. The van der Waals surface area contributed by atoms with Gasteiger partial charge in [0.25, 0.3) is 0 Å². The number of ether oxygens (including phenoxy) is 1. The molecule has 4 rings (SSSR count). The molecular formula is C25H30N4O2. The third kappa shape index (κ3) is 4.43. The number of para-hydroxylation sites is 3. The van der Waals surface area contributed by atoms with Gasteiger partial charge in [-0.05, 0) is 45.0 Å². The van der Waals surface area contributed by atoms with Crippen LogP contribution in [0.5, 0.6) is 5.75 Å². The average Bonchev–Trinajstić information content (AvgIpc) is 3.09. The summed E-state index contributed by atoms with van der Waals surface area (Å²) in [6.07, 6.45) is 0.389. The molecule has 2 aromatic carbocycles. The number of piperazine rings is 1. The molecule has 0 bridgehead atoms. The van der Waals surface area contributed by atoms with Gasteiger partial charge in [0.1, 0.15) is 5.75 Å². The number of carbonyl (C=O) groups excluding carboxylic acids is 1. The third-order valence-electron chi connectivity index (χ3n) is 5.91. The summed E-state index contributed by atoms with van der Waals surface area (Å²) in [7, 11) is 0. The van der Waals surface area contributed by atoms with Crippen molar-refractivity contribution in [1.29, 1.82) is 0 Å². The van der Waals surface area contributed by atoms with Crippen LogP contribution in [0.15, 0.2) is 54.6 Å². The van der Waals surface area contributed by atoms with E-state index in [4.69, 9.17) is 4.74 Å². The van der Waals surface area contributed by atoms with Gasteiger partial charge in [-0.15, -0.1) is 0 Å². The zero-order valence-electron chi connectivity index (χ0n) is 18.5. The van der Waals surface area contributed by atoms with E-state index in [1.807, 2.05) is 78.9 Å². The van der Waals surface area contributed by atoms with Gasteiger partial charge in [-0.1, -0.05) is 30.3 Å². The Kier molecular flexibility index (Phi) is 6.26. The van der Waals surface area contributed by atoms with Crippen LogP contribution in [0.4, 0.5) is 5.69 Å². The second-order valence-corrected chi connectivity index (χ2v) is 7.84. The minimum absolute atomic E-state index is 0.163. The highest BCUT2D eigenvalue weighted by Gasteiger charge is 2.25. The van der Waals surface area contributed by atoms with Crippen molar-refractivity contribution in [2.75, 3.05) is 37.7 Å². The smallest absolute Gasteiger partial charge is 0.227 e. The number of anilines is 1. The van der Waals surface area contributed by atoms with Gasteiger partial charge in [-0.2, -0.15) is 5.10 Å². The maximum absolute atomic E-state index is 13.1.